The van der Waals surface area contributed by atoms with Crippen LogP contribution >= 0.6 is 0 Å². The molecule has 3 heteroatoms. The van der Waals surface area contributed by atoms with Crippen molar-refractivity contribution in [3.05, 3.63) is 0 Å². The molecule has 14 heavy (non-hydrogen) atoms. The highest BCUT2D eigenvalue weighted by Gasteiger charge is 2.58. The summed E-state index contributed by atoms with van der Waals surface area (Å²) in [6.07, 6.45) is 1.56. The molecular weight excluding hydrogens is 176 g/mol. The Bertz CT molecular complexity index is 262. The second-order valence-corrected chi connectivity index (χ2v) is 4.85. The van der Waals surface area contributed by atoms with Crippen molar-refractivity contribution >= 4 is 5.84 Å². The summed E-state index contributed by atoms with van der Waals surface area (Å²) < 4.78 is 5.56. The fourth-order valence-electron chi connectivity index (χ4n) is 2.26. The summed E-state index contributed by atoms with van der Waals surface area (Å²) in [7, 11) is 0. The van der Waals surface area contributed by atoms with E-state index in [9.17, 15) is 0 Å². The molecule has 1 aliphatic heterocycles. The Hall–Kier alpha value is -0.570. The van der Waals surface area contributed by atoms with Crippen LogP contribution in [0.4, 0.5) is 0 Å². The van der Waals surface area contributed by atoms with Crippen molar-refractivity contribution in [3.8, 4) is 0 Å². The van der Waals surface area contributed by atoms with Gasteiger partial charge in [0.25, 0.3) is 0 Å². The van der Waals surface area contributed by atoms with Crippen LogP contribution in [0.2, 0.25) is 0 Å². The third-order valence-corrected chi connectivity index (χ3v) is 3.16. The lowest BCUT2D eigenvalue weighted by Gasteiger charge is -2.21. The number of amidine groups is 1. The number of hydrogen-bond donors (Lipinski definition) is 0. The number of nitrogens with zero attached hydrogens (tertiary/aromatic N) is 2. The summed E-state index contributed by atoms with van der Waals surface area (Å²) in [5.41, 5.74) is 0.252. The van der Waals surface area contributed by atoms with E-state index in [0.29, 0.717) is 12.1 Å². The van der Waals surface area contributed by atoms with Crippen molar-refractivity contribution in [2.45, 2.75) is 51.8 Å². The molecule has 1 aliphatic carbocycles. The van der Waals surface area contributed by atoms with E-state index in [4.69, 9.17) is 4.74 Å². The summed E-state index contributed by atoms with van der Waals surface area (Å²) in [5.74, 6) is 1.19. The molecule has 2 aliphatic rings. The van der Waals surface area contributed by atoms with Gasteiger partial charge in [-0.2, -0.15) is 0 Å². The molecule has 0 aromatic carbocycles. The van der Waals surface area contributed by atoms with Gasteiger partial charge in [-0.25, -0.2) is 0 Å². The van der Waals surface area contributed by atoms with E-state index in [1.165, 1.54) is 12.3 Å². The molecule has 0 saturated heterocycles. The van der Waals surface area contributed by atoms with Crippen LogP contribution in [0.15, 0.2) is 4.99 Å². The predicted octanol–water partition coefficient (Wildman–Crippen LogP) is 1.68. The minimum atomic E-state index is 0.252. The van der Waals surface area contributed by atoms with Gasteiger partial charge in [-0.1, -0.05) is 0 Å². The van der Waals surface area contributed by atoms with E-state index >= 15 is 0 Å². The van der Waals surface area contributed by atoms with Gasteiger partial charge in [0, 0.05) is 6.54 Å². The lowest BCUT2D eigenvalue weighted by Crippen LogP contribution is -2.33. The minimum absolute atomic E-state index is 0.252. The fourth-order valence-corrected chi connectivity index (χ4v) is 2.26. The molecule has 1 heterocycles. The molecule has 80 valence electrons. The first-order chi connectivity index (χ1) is 6.53. The smallest absolute Gasteiger partial charge is 0.0969 e. The van der Waals surface area contributed by atoms with Gasteiger partial charge in [0.15, 0.2) is 0 Å². The number of ether oxygens (including phenoxy) is 1. The second kappa shape index (κ2) is 3.23. The summed E-state index contributed by atoms with van der Waals surface area (Å²) in [5, 5.41) is 0. The first-order valence-corrected chi connectivity index (χ1v) is 5.47. The number of hydrogen-bond acceptors (Lipinski definition) is 3. The van der Waals surface area contributed by atoms with E-state index in [1.54, 1.807) is 0 Å². The SMILES string of the molecule is CC1=NC2(C)CC2N1CCOC(C)C. The Labute approximate surface area is 86.1 Å². The normalized spacial score (nSPS) is 34.8. The lowest BCUT2D eigenvalue weighted by molar-refractivity contribution is 0.0692. The molecule has 2 unspecified atom stereocenters. The quantitative estimate of drug-likeness (QED) is 0.683. The maximum atomic E-state index is 5.56. The van der Waals surface area contributed by atoms with E-state index in [1.807, 2.05) is 0 Å². The van der Waals surface area contributed by atoms with Gasteiger partial charge < -0.3 is 9.64 Å². The minimum Gasteiger partial charge on any atom is -0.377 e. The third-order valence-electron chi connectivity index (χ3n) is 3.16. The molecule has 3 nitrogen and oxygen atoms in total. The second-order valence-electron chi connectivity index (χ2n) is 4.85. The Morgan fingerprint density at radius 2 is 2.36 bits per heavy atom. The molecule has 0 aromatic heterocycles. The highest BCUT2D eigenvalue weighted by Crippen LogP contribution is 2.48. The van der Waals surface area contributed by atoms with E-state index in [2.05, 4.69) is 37.6 Å². The molecule has 0 spiro atoms. The van der Waals surface area contributed by atoms with Gasteiger partial charge in [-0.15, -0.1) is 0 Å². The molecule has 0 amide bonds. The Balaban J connectivity index is 1.80. The van der Waals surface area contributed by atoms with E-state index < -0.39 is 0 Å². The standard InChI is InChI=1S/C11H20N2O/c1-8(2)14-6-5-13-9(3)12-11(4)7-10(11)13/h8,10H,5-7H2,1-4H3. The topological polar surface area (TPSA) is 24.8 Å². The average Bonchev–Trinajstić information content (AvgIpc) is 2.63. The van der Waals surface area contributed by atoms with Crippen molar-refractivity contribution in [2.75, 3.05) is 13.2 Å². The molecule has 2 atom stereocenters. The van der Waals surface area contributed by atoms with Gasteiger partial charge in [0.05, 0.1) is 30.1 Å². The number of rotatable bonds is 4. The highest BCUT2D eigenvalue weighted by molar-refractivity contribution is 5.84. The van der Waals surface area contributed by atoms with E-state index in [-0.39, 0.29) is 5.54 Å². The number of fused-ring (bicyclic) bond motifs is 1. The summed E-state index contributed by atoms with van der Waals surface area (Å²) in [4.78, 5) is 7.05. The zero-order chi connectivity index (χ0) is 10.3. The summed E-state index contributed by atoms with van der Waals surface area (Å²) in [6.45, 7) is 10.3. The van der Waals surface area contributed by atoms with Crippen LogP contribution in [0.25, 0.3) is 0 Å². The molecule has 2 rings (SSSR count). The Morgan fingerprint density at radius 3 is 2.86 bits per heavy atom. The van der Waals surface area contributed by atoms with Crippen molar-refractivity contribution < 1.29 is 4.74 Å². The van der Waals surface area contributed by atoms with E-state index in [0.717, 1.165) is 13.2 Å². The van der Waals surface area contributed by atoms with Crippen molar-refractivity contribution in [1.29, 1.82) is 0 Å². The van der Waals surface area contributed by atoms with Gasteiger partial charge in [-0.05, 0) is 34.1 Å². The molecule has 1 saturated carbocycles. The van der Waals surface area contributed by atoms with Gasteiger partial charge >= 0.3 is 0 Å². The third kappa shape index (κ3) is 1.65. The maximum absolute atomic E-state index is 5.56. The Morgan fingerprint density at radius 1 is 1.64 bits per heavy atom. The zero-order valence-corrected chi connectivity index (χ0v) is 9.58. The highest BCUT2D eigenvalue weighted by atomic mass is 16.5. The monoisotopic (exact) mass is 196 g/mol. The van der Waals surface area contributed by atoms with Crippen molar-refractivity contribution in [2.24, 2.45) is 4.99 Å². The molecule has 0 bridgehead atoms. The van der Waals surface area contributed by atoms with Crippen LogP contribution in [0.5, 0.6) is 0 Å². The Kier molecular flexibility index (Phi) is 2.30. The van der Waals surface area contributed by atoms with Crippen LogP contribution in [-0.2, 0) is 4.74 Å². The summed E-state index contributed by atoms with van der Waals surface area (Å²) >= 11 is 0. The van der Waals surface area contributed by atoms with Gasteiger partial charge in [0.2, 0.25) is 0 Å². The molecule has 1 fully saturated rings. The van der Waals surface area contributed by atoms with Crippen LogP contribution in [0.3, 0.4) is 0 Å². The van der Waals surface area contributed by atoms with Gasteiger partial charge in [-0.3, -0.25) is 4.99 Å². The van der Waals surface area contributed by atoms with Crippen LogP contribution in [-0.4, -0.2) is 41.6 Å². The first-order valence-electron chi connectivity index (χ1n) is 5.47. The average molecular weight is 196 g/mol. The van der Waals surface area contributed by atoms with Crippen molar-refractivity contribution in [3.63, 3.8) is 0 Å². The molecular formula is C11H20N2O. The zero-order valence-electron chi connectivity index (χ0n) is 9.58. The molecule has 0 aromatic rings. The predicted molar refractivity (Wildman–Crippen MR) is 57.7 cm³/mol. The summed E-state index contributed by atoms with van der Waals surface area (Å²) in [6, 6.07) is 0.665. The molecule has 0 N–H and O–H groups in total. The molecule has 0 radical (unpaired) electrons. The first kappa shape index (κ1) is 9.97. The fraction of sp³-hybridized carbons (Fsp3) is 0.909. The van der Waals surface area contributed by atoms with Gasteiger partial charge in [0.1, 0.15) is 0 Å². The maximum Gasteiger partial charge on any atom is 0.0969 e. The largest absolute Gasteiger partial charge is 0.377 e. The van der Waals surface area contributed by atoms with Crippen LogP contribution < -0.4 is 0 Å². The number of aliphatic imine (C=N–C) groups is 1. The lowest BCUT2D eigenvalue weighted by atomic mass is 10.3. The van der Waals surface area contributed by atoms with Crippen LogP contribution in [0.1, 0.15) is 34.1 Å². The van der Waals surface area contributed by atoms with Crippen LogP contribution in [0, 0.1) is 0 Å². The van der Waals surface area contributed by atoms with Crippen molar-refractivity contribution in [1.82, 2.24) is 4.90 Å².